The Morgan fingerprint density at radius 3 is 2.44 bits per heavy atom. The van der Waals surface area contributed by atoms with Gasteiger partial charge in [0.15, 0.2) is 0 Å². The fraction of sp³-hybridized carbons (Fsp3) is 0.583. The molecule has 0 atom stereocenters. The highest BCUT2D eigenvalue weighted by atomic mass is 19.4. The minimum atomic E-state index is -4.34. The average molecular weight is 258 g/mol. The van der Waals surface area contributed by atoms with Crippen LogP contribution >= 0.6 is 0 Å². The first kappa shape index (κ1) is 11.8. The smallest absolute Gasteiger partial charge is 0.417 e. The van der Waals surface area contributed by atoms with Crippen molar-refractivity contribution >= 4 is 0 Å². The largest absolute Gasteiger partial charge is 0.474 e. The van der Waals surface area contributed by atoms with Crippen LogP contribution in [-0.2, 0) is 6.18 Å². The second-order valence-corrected chi connectivity index (χ2v) is 5.13. The van der Waals surface area contributed by atoms with Gasteiger partial charge in [-0.05, 0) is 18.9 Å². The number of rotatable bonds is 2. The number of ether oxygens (including phenoxy) is 1. The minimum absolute atomic E-state index is 0.0938. The zero-order valence-corrected chi connectivity index (χ0v) is 9.63. The maximum Gasteiger partial charge on any atom is 0.417 e. The molecule has 2 aliphatic rings. The highest BCUT2D eigenvalue weighted by Gasteiger charge is 2.49. The van der Waals surface area contributed by atoms with Crippen LogP contribution in [0.2, 0.25) is 0 Å². The highest BCUT2D eigenvalue weighted by molar-refractivity contribution is 5.21. The van der Waals surface area contributed by atoms with E-state index >= 15 is 0 Å². The second kappa shape index (κ2) is 3.85. The zero-order chi connectivity index (χ0) is 12.8. The summed E-state index contributed by atoms with van der Waals surface area (Å²) in [5.41, 5.74) is -0.362. The SMILES string of the molecule is FC(F)(F)c1ccc(OC2CC3(CNC3)C2)nc1. The monoisotopic (exact) mass is 258 g/mol. The van der Waals surface area contributed by atoms with Gasteiger partial charge in [-0.25, -0.2) is 4.98 Å². The summed E-state index contributed by atoms with van der Waals surface area (Å²) >= 11 is 0. The Morgan fingerprint density at radius 2 is 2.00 bits per heavy atom. The summed E-state index contributed by atoms with van der Waals surface area (Å²) in [6.45, 7) is 2.04. The standard InChI is InChI=1S/C12H13F3N2O/c13-12(14,15)8-1-2-10(17-5-8)18-9-3-11(4-9)6-16-7-11/h1-2,5,9,16H,3-4,6-7H2. The van der Waals surface area contributed by atoms with Gasteiger partial charge in [0, 0.05) is 30.8 Å². The molecule has 1 saturated heterocycles. The van der Waals surface area contributed by atoms with Crippen molar-refractivity contribution in [1.29, 1.82) is 0 Å². The summed E-state index contributed by atoms with van der Waals surface area (Å²) < 4.78 is 42.5. The number of hydrogen-bond donors (Lipinski definition) is 1. The van der Waals surface area contributed by atoms with Crippen molar-refractivity contribution in [3.8, 4) is 5.88 Å². The third kappa shape index (κ3) is 2.05. The molecule has 2 fully saturated rings. The molecule has 6 heteroatoms. The maximum absolute atomic E-state index is 12.3. The van der Waals surface area contributed by atoms with Crippen LogP contribution in [0.3, 0.4) is 0 Å². The Morgan fingerprint density at radius 1 is 1.28 bits per heavy atom. The van der Waals surface area contributed by atoms with Gasteiger partial charge in [-0.3, -0.25) is 0 Å². The minimum Gasteiger partial charge on any atom is -0.474 e. The Balaban J connectivity index is 1.57. The molecule has 2 heterocycles. The normalized spacial score (nSPS) is 22.4. The van der Waals surface area contributed by atoms with Crippen LogP contribution in [0, 0.1) is 5.41 Å². The quantitative estimate of drug-likeness (QED) is 0.883. The van der Waals surface area contributed by atoms with E-state index in [0.29, 0.717) is 5.41 Å². The molecule has 0 amide bonds. The fourth-order valence-electron chi connectivity index (χ4n) is 2.55. The second-order valence-electron chi connectivity index (χ2n) is 5.13. The van der Waals surface area contributed by atoms with Crippen LogP contribution < -0.4 is 10.1 Å². The molecule has 18 heavy (non-hydrogen) atoms. The Bertz CT molecular complexity index is 432. The summed E-state index contributed by atoms with van der Waals surface area (Å²) in [4.78, 5) is 3.70. The molecule has 0 aromatic carbocycles. The van der Waals surface area contributed by atoms with Gasteiger partial charge in [-0.2, -0.15) is 13.2 Å². The first-order valence-corrected chi connectivity index (χ1v) is 5.88. The van der Waals surface area contributed by atoms with Crippen LogP contribution in [0.15, 0.2) is 18.3 Å². The van der Waals surface area contributed by atoms with Crippen molar-refractivity contribution in [1.82, 2.24) is 10.3 Å². The Hall–Kier alpha value is -1.30. The van der Waals surface area contributed by atoms with E-state index in [4.69, 9.17) is 4.74 Å². The highest BCUT2D eigenvalue weighted by Crippen LogP contribution is 2.45. The van der Waals surface area contributed by atoms with Crippen molar-refractivity contribution in [2.45, 2.75) is 25.1 Å². The van der Waals surface area contributed by atoms with E-state index in [1.54, 1.807) is 0 Å². The van der Waals surface area contributed by atoms with Gasteiger partial charge in [0.1, 0.15) is 6.10 Å². The van der Waals surface area contributed by atoms with E-state index in [2.05, 4.69) is 10.3 Å². The van der Waals surface area contributed by atoms with Gasteiger partial charge in [-0.15, -0.1) is 0 Å². The van der Waals surface area contributed by atoms with Crippen molar-refractivity contribution in [3.63, 3.8) is 0 Å². The van der Waals surface area contributed by atoms with Crippen LogP contribution in [0.5, 0.6) is 5.88 Å². The topological polar surface area (TPSA) is 34.1 Å². The molecule has 1 spiro atoms. The Labute approximate surface area is 102 Å². The number of alkyl halides is 3. The number of nitrogens with zero attached hydrogens (tertiary/aromatic N) is 1. The molecular weight excluding hydrogens is 245 g/mol. The van der Waals surface area contributed by atoms with Gasteiger partial charge >= 0.3 is 6.18 Å². The van der Waals surface area contributed by atoms with Crippen LogP contribution in [0.4, 0.5) is 13.2 Å². The van der Waals surface area contributed by atoms with Crippen LogP contribution in [0.1, 0.15) is 18.4 Å². The van der Waals surface area contributed by atoms with Crippen LogP contribution in [-0.4, -0.2) is 24.2 Å². The molecule has 1 saturated carbocycles. The molecule has 0 radical (unpaired) electrons. The third-order valence-electron chi connectivity index (χ3n) is 3.67. The number of halogens is 3. The van der Waals surface area contributed by atoms with E-state index in [1.807, 2.05) is 0 Å². The summed E-state index contributed by atoms with van der Waals surface area (Å²) in [6, 6.07) is 2.29. The number of hydrogen-bond acceptors (Lipinski definition) is 3. The first-order chi connectivity index (χ1) is 8.47. The molecular formula is C12H13F3N2O. The lowest BCUT2D eigenvalue weighted by atomic mass is 9.63. The summed E-state index contributed by atoms with van der Waals surface area (Å²) in [6.07, 6.45) is -1.51. The molecule has 1 aliphatic carbocycles. The van der Waals surface area contributed by atoms with E-state index in [9.17, 15) is 13.2 Å². The molecule has 1 aliphatic heterocycles. The zero-order valence-electron chi connectivity index (χ0n) is 9.63. The average Bonchev–Trinajstić information content (AvgIpc) is 2.19. The Kier molecular flexibility index (Phi) is 2.52. The summed E-state index contributed by atoms with van der Waals surface area (Å²) in [5.74, 6) is 0.273. The lowest BCUT2D eigenvalue weighted by Crippen LogP contribution is -2.62. The van der Waals surface area contributed by atoms with E-state index < -0.39 is 11.7 Å². The lowest BCUT2D eigenvalue weighted by Gasteiger charge is -2.53. The number of nitrogens with one attached hydrogen (secondary N) is 1. The predicted octanol–water partition coefficient (Wildman–Crippen LogP) is 2.23. The summed E-state index contributed by atoms with van der Waals surface area (Å²) in [5, 5.41) is 3.22. The predicted molar refractivity (Wildman–Crippen MR) is 58.2 cm³/mol. The van der Waals surface area contributed by atoms with E-state index in [0.717, 1.165) is 38.2 Å². The molecule has 3 nitrogen and oxygen atoms in total. The van der Waals surface area contributed by atoms with Crippen molar-refractivity contribution in [3.05, 3.63) is 23.9 Å². The maximum atomic E-state index is 12.3. The number of pyridine rings is 1. The molecule has 0 unspecified atom stereocenters. The van der Waals surface area contributed by atoms with E-state index in [1.165, 1.54) is 6.07 Å². The third-order valence-corrected chi connectivity index (χ3v) is 3.67. The van der Waals surface area contributed by atoms with Crippen molar-refractivity contribution in [2.24, 2.45) is 5.41 Å². The lowest BCUT2D eigenvalue weighted by molar-refractivity contribution is -0.137. The molecule has 1 N–H and O–H groups in total. The van der Waals surface area contributed by atoms with Gasteiger partial charge in [0.05, 0.1) is 5.56 Å². The fourth-order valence-corrected chi connectivity index (χ4v) is 2.55. The van der Waals surface area contributed by atoms with Gasteiger partial charge in [-0.1, -0.05) is 0 Å². The first-order valence-electron chi connectivity index (χ1n) is 5.88. The summed E-state index contributed by atoms with van der Waals surface area (Å²) in [7, 11) is 0. The van der Waals surface area contributed by atoms with Crippen molar-refractivity contribution < 1.29 is 17.9 Å². The van der Waals surface area contributed by atoms with Gasteiger partial charge in [0.25, 0.3) is 0 Å². The molecule has 98 valence electrons. The van der Waals surface area contributed by atoms with Crippen molar-refractivity contribution in [2.75, 3.05) is 13.1 Å². The number of aromatic nitrogens is 1. The van der Waals surface area contributed by atoms with Gasteiger partial charge < -0.3 is 10.1 Å². The molecule has 1 aromatic rings. The molecule has 3 rings (SSSR count). The van der Waals surface area contributed by atoms with Crippen LogP contribution in [0.25, 0.3) is 0 Å². The van der Waals surface area contributed by atoms with Gasteiger partial charge in [0.2, 0.25) is 5.88 Å². The molecule has 0 bridgehead atoms. The molecule has 1 aromatic heterocycles. The van der Waals surface area contributed by atoms with E-state index in [-0.39, 0.29) is 12.0 Å².